The van der Waals surface area contributed by atoms with Crippen LogP contribution in [0.5, 0.6) is 0 Å². The largest absolute Gasteiger partial charge is 0.237 e. The van der Waals surface area contributed by atoms with Gasteiger partial charge in [-0.15, -0.1) is 0 Å². The molecule has 1 aromatic heterocycles. The Morgan fingerprint density at radius 1 is 0.913 bits per heavy atom. The predicted molar refractivity (Wildman–Crippen MR) is 90.3 cm³/mol. The van der Waals surface area contributed by atoms with Gasteiger partial charge >= 0.3 is 0 Å². The Balaban J connectivity index is 2.31. The maximum absolute atomic E-state index is 9.03. The van der Waals surface area contributed by atoms with Crippen molar-refractivity contribution >= 4 is 12.2 Å². The van der Waals surface area contributed by atoms with Crippen molar-refractivity contribution in [1.82, 2.24) is 9.97 Å². The average molecular weight is 302 g/mol. The van der Waals surface area contributed by atoms with Crippen LogP contribution in [0, 0.1) is 29.6 Å². The molecule has 114 valence electrons. The van der Waals surface area contributed by atoms with Crippen LogP contribution in [0.25, 0.3) is 12.2 Å². The summed E-state index contributed by atoms with van der Waals surface area (Å²) in [4.78, 5) is 8.32. The van der Waals surface area contributed by atoms with Gasteiger partial charge in [0.1, 0.15) is 12.1 Å². The molecule has 0 fully saturated rings. The standard InChI is InChI=1S/C19H18N4/c1-13-16(23-18(12-21)17(11-20)22-13)10-7-14-5-8-15(9-6-14)19(2,3)4/h5-10H,1-4H3/b10-7+. The van der Waals surface area contributed by atoms with E-state index in [-0.39, 0.29) is 16.8 Å². The lowest BCUT2D eigenvalue weighted by Gasteiger charge is -2.18. The number of nitrogens with zero attached hydrogens (tertiary/aromatic N) is 4. The molecule has 23 heavy (non-hydrogen) atoms. The van der Waals surface area contributed by atoms with Crippen molar-refractivity contribution in [2.75, 3.05) is 0 Å². The van der Waals surface area contributed by atoms with E-state index < -0.39 is 0 Å². The highest BCUT2D eigenvalue weighted by atomic mass is 14.8. The lowest BCUT2D eigenvalue weighted by atomic mass is 9.87. The fraction of sp³-hybridized carbons (Fsp3) is 0.263. The van der Waals surface area contributed by atoms with Crippen LogP contribution in [0.1, 0.15) is 54.7 Å². The van der Waals surface area contributed by atoms with Crippen molar-refractivity contribution in [3.05, 3.63) is 58.2 Å². The zero-order valence-electron chi connectivity index (χ0n) is 13.8. The van der Waals surface area contributed by atoms with E-state index in [1.54, 1.807) is 6.92 Å². The minimum Gasteiger partial charge on any atom is -0.237 e. The number of rotatable bonds is 2. The van der Waals surface area contributed by atoms with E-state index in [1.165, 1.54) is 5.56 Å². The monoisotopic (exact) mass is 302 g/mol. The van der Waals surface area contributed by atoms with Gasteiger partial charge in [0, 0.05) is 0 Å². The fourth-order valence-corrected chi connectivity index (χ4v) is 2.12. The molecular weight excluding hydrogens is 284 g/mol. The van der Waals surface area contributed by atoms with Crippen molar-refractivity contribution in [2.24, 2.45) is 0 Å². The summed E-state index contributed by atoms with van der Waals surface area (Å²) in [5, 5.41) is 18.0. The molecule has 0 saturated heterocycles. The van der Waals surface area contributed by atoms with Gasteiger partial charge in [-0.3, -0.25) is 0 Å². The van der Waals surface area contributed by atoms with Gasteiger partial charge in [0.2, 0.25) is 0 Å². The molecule has 0 amide bonds. The van der Waals surface area contributed by atoms with Gasteiger partial charge in [-0.25, -0.2) is 9.97 Å². The molecule has 4 heteroatoms. The maximum Gasteiger partial charge on any atom is 0.177 e. The summed E-state index contributed by atoms with van der Waals surface area (Å²) >= 11 is 0. The van der Waals surface area contributed by atoms with Crippen molar-refractivity contribution in [3.8, 4) is 12.1 Å². The zero-order valence-corrected chi connectivity index (χ0v) is 13.8. The van der Waals surface area contributed by atoms with E-state index in [2.05, 4.69) is 55.0 Å². The summed E-state index contributed by atoms with van der Waals surface area (Å²) < 4.78 is 0. The Bertz CT molecular complexity index is 826. The summed E-state index contributed by atoms with van der Waals surface area (Å²) in [7, 11) is 0. The molecule has 0 bridgehead atoms. The first-order valence-electron chi connectivity index (χ1n) is 7.32. The minimum absolute atomic E-state index is 0.0563. The van der Waals surface area contributed by atoms with Crippen LogP contribution in [0.4, 0.5) is 0 Å². The Morgan fingerprint density at radius 2 is 1.48 bits per heavy atom. The number of aryl methyl sites for hydroxylation is 1. The van der Waals surface area contributed by atoms with Gasteiger partial charge in [0.25, 0.3) is 0 Å². The summed E-state index contributed by atoms with van der Waals surface area (Å²) in [5.74, 6) is 0. The molecule has 4 nitrogen and oxygen atoms in total. The van der Waals surface area contributed by atoms with Gasteiger partial charge in [-0.2, -0.15) is 10.5 Å². The average Bonchev–Trinajstić information content (AvgIpc) is 2.53. The molecule has 0 aliphatic carbocycles. The SMILES string of the molecule is Cc1nc(C#N)c(C#N)nc1/C=C/c1ccc(C(C)(C)C)cc1. The number of benzene rings is 1. The van der Waals surface area contributed by atoms with Crippen LogP contribution < -0.4 is 0 Å². The second-order valence-electron chi connectivity index (χ2n) is 6.32. The van der Waals surface area contributed by atoms with E-state index >= 15 is 0 Å². The van der Waals surface area contributed by atoms with E-state index in [1.807, 2.05) is 24.3 Å². The third-order valence-corrected chi connectivity index (χ3v) is 3.53. The van der Waals surface area contributed by atoms with E-state index in [0.29, 0.717) is 11.4 Å². The van der Waals surface area contributed by atoms with Crippen LogP contribution in [-0.4, -0.2) is 9.97 Å². The van der Waals surface area contributed by atoms with E-state index in [4.69, 9.17) is 10.5 Å². The zero-order chi connectivity index (χ0) is 17.0. The summed E-state index contributed by atoms with van der Waals surface area (Å²) in [6, 6.07) is 12.1. The van der Waals surface area contributed by atoms with Crippen molar-refractivity contribution < 1.29 is 0 Å². The predicted octanol–water partition coefficient (Wildman–Crippen LogP) is 4.00. The second kappa shape index (κ2) is 6.42. The Hall–Kier alpha value is -2.98. The van der Waals surface area contributed by atoms with Gasteiger partial charge in [0.15, 0.2) is 11.4 Å². The van der Waals surface area contributed by atoms with E-state index in [0.717, 1.165) is 5.56 Å². The molecule has 0 radical (unpaired) electrons. The molecule has 0 spiro atoms. The lowest BCUT2D eigenvalue weighted by molar-refractivity contribution is 0.590. The molecule has 0 atom stereocenters. The molecule has 0 N–H and O–H groups in total. The van der Waals surface area contributed by atoms with Crippen molar-refractivity contribution in [1.29, 1.82) is 10.5 Å². The molecule has 0 aliphatic rings. The topological polar surface area (TPSA) is 73.4 Å². The molecule has 2 rings (SSSR count). The molecule has 0 unspecified atom stereocenters. The number of hydrogen-bond donors (Lipinski definition) is 0. The molecule has 0 aliphatic heterocycles. The first kappa shape index (κ1) is 16.4. The molecule has 2 aromatic rings. The normalized spacial score (nSPS) is 11.2. The van der Waals surface area contributed by atoms with E-state index in [9.17, 15) is 0 Å². The number of aromatic nitrogens is 2. The van der Waals surface area contributed by atoms with Crippen LogP contribution in [-0.2, 0) is 5.41 Å². The van der Waals surface area contributed by atoms with Crippen LogP contribution in [0.2, 0.25) is 0 Å². The maximum atomic E-state index is 9.03. The van der Waals surface area contributed by atoms with Crippen LogP contribution >= 0.6 is 0 Å². The summed E-state index contributed by atoms with van der Waals surface area (Å²) in [5.41, 5.74) is 3.79. The quantitative estimate of drug-likeness (QED) is 0.840. The highest BCUT2D eigenvalue weighted by molar-refractivity contribution is 5.69. The van der Waals surface area contributed by atoms with Gasteiger partial charge in [-0.1, -0.05) is 51.1 Å². The summed E-state index contributed by atoms with van der Waals surface area (Å²) in [6.45, 7) is 8.31. The molecule has 0 saturated carbocycles. The Kier molecular flexibility index (Phi) is 4.57. The first-order valence-corrected chi connectivity index (χ1v) is 7.32. The Morgan fingerprint density at radius 3 is 2.00 bits per heavy atom. The van der Waals surface area contributed by atoms with Gasteiger partial charge in [0.05, 0.1) is 11.4 Å². The molecule has 1 heterocycles. The van der Waals surface area contributed by atoms with Gasteiger partial charge < -0.3 is 0 Å². The minimum atomic E-state index is 0.0563. The first-order chi connectivity index (χ1) is 10.8. The number of hydrogen-bond acceptors (Lipinski definition) is 4. The van der Waals surface area contributed by atoms with Crippen molar-refractivity contribution in [2.45, 2.75) is 33.1 Å². The fourth-order valence-electron chi connectivity index (χ4n) is 2.12. The number of nitriles is 2. The highest BCUT2D eigenvalue weighted by Gasteiger charge is 2.12. The molecule has 1 aromatic carbocycles. The molecular formula is C19H18N4. The third kappa shape index (κ3) is 3.81. The Labute approximate surface area is 136 Å². The highest BCUT2D eigenvalue weighted by Crippen LogP contribution is 2.22. The van der Waals surface area contributed by atoms with Gasteiger partial charge in [-0.05, 0) is 29.5 Å². The summed E-state index contributed by atoms with van der Waals surface area (Å²) in [6.07, 6.45) is 3.74. The van der Waals surface area contributed by atoms with Crippen LogP contribution in [0.15, 0.2) is 24.3 Å². The van der Waals surface area contributed by atoms with Crippen LogP contribution in [0.3, 0.4) is 0 Å². The smallest absolute Gasteiger partial charge is 0.177 e. The van der Waals surface area contributed by atoms with Crippen molar-refractivity contribution in [3.63, 3.8) is 0 Å². The third-order valence-electron chi connectivity index (χ3n) is 3.53. The lowest BCUT2D eigenvalue weighted by Crippen LogP contribution is -2.10. The second-order valence-corrected chi connectivity index (χ2v) is 6.32.